The van der Waals surface area contributed by atoms with E-state index in [4.69, 9.17) is 15.4 Å². The molecule has 0 N–H and O–H groups in total. The average molecular weight is 859 g/mol. The minimum Gasteiger partial charge on any atom is -0.455 e. The summed E-state index contributed by atoms with van der Waals surface area (Å²) >= 11 is 0. The number of fused-ring (bicyclic) bond motifs is 14. The van der Waals surface area contributed by atoms with Gasteiger partial charge in [0.15, 0.2) is 5.69 Å². The Bertz CT molecular complexity index is 4320. The number of rotatable bonds is 4. The number of benzene rings is 9. The molecule has 0 amide bonds. The van der Waals surface area contributed by atoms with E-state index in [-0.39, 0.29) is 5.69 Å². The molecule has 9 aromatic carbocycles. The van der Waals surface area contributed by atoms with Gasteiger partial charge in [-0.1, -0.05) is 97.1 Å². The van der Waals surface area contributed by atoms with Crippen molar-refractivity contribution in [3.63, 3.8) is 0 Å². The van der Waals surface area contributed by atoms with E-state index < -0.39 is 11.7 Å². The molecule has 0 aliphatic rings. The molecule has 4 aromatic heterocycles. The lowest BCUT2D eigenvalue weighted by Gasteiger charge is -2.20. The normalized spacial score (nSPS) is 12.1. The van der Waals surface area contributed by atoms with Gasteiger partial charge in [-0.2, -0.15) is 18.4 Å². The molecular weight excluding hydrogens is 830 g/mol. The van der Waals surface area contributed by atoms with Crippen LogP contribution in [0, 0.1) is 17.9 Å². The van der Waals surface area contributed by atoms with E-state index in [0.29, 0.717) is 27.9 Å². The van der Waals surface area contributed by atoms with Crippen LogP contribution in [0.4, 0.5) is 18.9 Å². The quantitative estimate of drug-likeness (QED) is 0.166. The van der Waals surface area contributed by atoms with Crippen LogP contribution >= 0.6 is 0 Å². The Morgan fingerprint density at radius 3 is 1.61 bits per heavy atom. The second-order valence-electron chi connectivity index (χ2n) is 16.5. The molecule has 66 heavy (non-hydrogen) atoms. The SMILES string of the molecule is [C-]#[N+]c1cc(C(F)(F)F)ccc1-c1ccc(-n2c3ccccc3c3c4oc5ccccc5c4ccc32)c(-c2ccc(C#N)cc2-n2c3ccccc3c3c4oc5ccccc5c4ccc32)c1. The summed E-state index contributed by atoms with van der Waals surface area (Å²) in [5.41, 5.74) is 9.85. The Morgan fingerprint density at radius 1 is 0.485 bits per heavy atom. The highest BCUT2D eigenvalue weighted by molar-refractivity contribution is 6.25. The molecule has 0 aliphatic carbocycles. The van der Waals surface area contributed by atoms with Crippen molar-refractivity contribution in [3.8, 4) is 39.7 Å². The van der Waals surface area contributed by atoms with Gasteiger partial charge in [-0.3, -0.25) is 0 Å². The molecule has 9 heteroatoms. The zero-order valence-corrected chi connectivity index (χ0v) is 34.5. The molecule has 6 nitrogen and oxygen atoms in total. The molecule has 4 heterocycles. The molecule has 0 atom stereocenters. The lowest BCUT2D eigenvalue weighted by molar-refractivity contribution is -0.137. The second kappa shape index (κ2) is 13.7. The molecule has 0 bridgehead atoms. The van der Waals surface area contributed by atoms with Gasteiger partial charge in [-0.05, 0) is 90.0 Å². The Hall–Kier alpha value is -9.05. The molecule has 13 rings (SSSR count). The van der Waals surface area contributed by atoms with Gasteiger partial charge in [-0.25, -0.2) is 4.85 Å². The van der Waals surface area contributed by atoms with Crippen molar-refractivity contribution in [2.75, 3.05) is 0 Å². The fourth-order valence-corrected chi connectivity index (χ4v) is 10.2. The van der Waals surface area contributed by atoms with E-state index in [9.17, 15) is 18.4 Å². The van der Waals surface area contributed by atoms with Crippen LogP contribution in [0.5, 0.6) is 0 Å². The van der Waals surface area contributed by atoms with Crippen LogP contribution in [0.15, 0.2) is 185 Å². The predicted octanol–water partition coefficient (Wildman–Crippen LogP) is 16.5. The first-order valence-electron chi connectivity index (χ1n) is 21.2. The number of furan rings is 2. The highest BCUT2D eigenvalue weighted by Gasteiger charge is 2.31. The highest BCUT2D eigenvalue weighted by Crippen LogP contribution is 2.47. The zero-order valence-electron chi connectivity index (χ0n) is 34.5. The molecule has 13 aromatic rings. The zero-order chi connectivity index (χ0) is 44.4. The van der Waals surface area contributed by atoms with Crippen molar-refractivity contribution in [2.24, 2.45) is 0 Å². The van der Waals surface area contributed by atoms with E-state index in [2.05, 4.69) is 80.7 Å². The van der Waals surface area contributed by atoms with Crippen molar-refractivity contribution in [3.05, 3.63) is 198 Å². The fraction of sp³-hybridized carbons (Fsp3) is 0.0175. The summed E-state index contributed by atoms with van der Waals surface area (Å²) in [7, 11) is 0. The molecular formula is C57H29F3N4O2. The summed E-state index contributed by atoms with van der Waals surface area (Å²) in [6, 6.07) is 57.7. The standard InChI is InChI=1S/C57H29F3N4O2/c1-62-44-30-34(57(58,59)60)20-22-35(44)33-19-25-47(63-45-14-6-2-12-41(45)53-48(63)26-23-39-37-10-4-8-16-51(37)65-55(39)53)43(29-33)36-21-18-32(31-61)28-50(36)64-46-15-7-3-13-42(46)54-49(64)27-24-40-38-11-5-9-17-52(38)66-56(40)54/h2-30H. The summed E-state index contributed by atoms with van der Waals surface area (Å²) in [6.07, 6.45) is -4.62. The van der Waals surface area contributed by atoms with Crippen LogP contribution in [-0.4, -0.2) is 9.13 Å². The van der Waals surface area contributed by atoms with E-state index in [0.717, 1.165) is 111 Å². The third-order valence-electron chi connectivity index (χ3n) is 13.0. The highest BCUT2D eigenvalue weighted by atomic mass is 19.4. The first-order valence-corrected chi connectivity index (χ1v) is 21.2. The molecule has 0 spiro atoms. The Balaban J connectivity index is 1.16. The smallest absolute Gasteiger partial charge is 0.415 e. The Morgan fingerprint density at radius 2 is 1.03 bits per heavy atom. The lowest BCUT2D eigenvalue weighted by Crippen LogP contribution is -2.04. The van der Waals surface area contributed by atoms with Gasteiger partial charge in [-0.15, -0.1) is 0 Å². The van der Waals surface area contributed by atoms with E-state index >= 15 is 0 Å². The minimum atomic E-state index is -4.62. The topological polar surface area (TPSA) is 64.3 Å². The number of alkyl halides is 3. The van der Waals surface area contributed by atoms with Crippen LogP contribution in [-0.2, 0) is 6.18 Å². The van der Waals surface area contributed by atoms with Crippen molar-refractivity contribution in [1.29, 1.82) is 5.26 Å². The van der Waals surface area contributed by atoms with E-state index in [1.165, 1.54) is 6.07 Å². The number of nitriles is 1. The molecule has 310 valence electrons. The van der Waals surface area contributed by atoms with Crippen LogP contribution in [0.25, 0.3) is 126 Å². The van der Waals surface area contributed by atoms with Gasteiger partial charge < -0.3 is 18.0 Å². The van der Waals surface area contributed by atoms with Crippen molar-refractivity contribution in [1.82, 2.24) is 9.13 Å². The minimum absolute atomic E-state index is 0.120. The summed E-state index contributed by atoms with van der Waals surface area (Å²) < 4.78 is 59.6. The summed E-state index contributed by atoms with van der Waals surface area (Å²) in [5.74, 6) is 0. The van der Waals surface area contributed by atoms with Crippen molar-refractivity contribution >= 4 is 93.2 Å². The molecule has 0 saturated heterocycles. The molecule has 0 saturated carbocycles. The molecule has 0 fully saturated rings. The first kappa shape index (κ1) is 37.5. The first-order chi connectivity index (χ1) is 32.3. The van der Waals surface area contributed by atoms with Gasteiger partial charge in [0.1, 0.15) is 22.3 Å². The summed E-state index contributed by atoms with van der Waals surface area (Å²) in [5, 5.41) is 18.3. The maximum atomic E-state index is 14.0. The number of nitrogens with zero attached hydrogens (tertiary/aromatic N) is 4. The van der Waals surface area contributed by atoms with Gasteiger partial charge in [0.2, 0.25) is 0 Å². The number of hydrogen-bond acceptors (Lipinski definition) is 3. The third-order valence-corrected chi connectivity index (χ3v) is 13.0. The van der Waals surface area contributed by atoms with E-state index in [1.807, 2.05) is 91.0 Å². The molecule has 0 aliphatic heterocycles. The summed E-state index contributed by atoms with van der Waals surface area (Å²) in [4.78, 5) is 3.60. The number of aromatic nitrogens is 2. The van der Waals surface area contributed by atoms with E-state index in [1.54, 1.807) is 6.07 Å². The monoisotopic (exact) mass is 858 g/mol. The van der Waals surface area contributed by atoms with Crippen molar-refractivity contribution < 1.29 is 22.0 Å². The van der Waals surface area contributed by atoms with Gasteiger partial charge in [0.25, 0.3) is 0 Å². The number of hydrogen-bond donors (Lipinski definition) is 0. The third kappa shape index (κ3) is 5.29. The van der Waals surface area contributed by atoms with Crippen LogP contribution in [0.2, 0.25) is 0 Å². The summed E-state index contributed by atoms with van der Waals surface area (Å²) in [6.45, 7) is 8.02. The van der Waals surface area contributed by atoms with Gasteiger partial charge >= 0.3 is 6.18 Å². The van der Waals surface area contributed by atoms with Gasteiger partial charge in [0.05, 0.1) is 62.4 Å². The Labute approximate surface area is 372 Å². The maximum absolute atomic E-state index is 14.0. The number of para-hydroxylation sites is 4. The molecule has 0 radical (unpaired) electrons. The van der Waals surface area contributed by atoms with Crippen molar-refractivity contribution in [2.45, 2.75) is 6.18 Å². The predicted molar refractivity (Wildman–Crippen MR) is 257 cm³/mol. The maximum Gasteiger partial charge on any atom is 0.415 e. The average Bonchev–Trinajstić information content (AvgIpc) is 4.11. The molecule has 0 unspecified atom stereocenters. The fourth-order valence-electron chi connectivity index (χ4n) is 10.2. The second-order valence-corrected chi connectivity index (χ2v) is 16.5. The Kier molecular flexibility index (Phi) is 7.80. The number of halogens is 3. The van der Waals surface area contributed by atoms with Crippen LogP contribution < -0.4 is 0 Å². The van der Waals surface area contributed by atoms with Crippen LogP contribution in [0.3, 0.4) is 0 Å². The van der Waals surface area contributed by atoms with Gasteiger partial charge in [0, 0.05) is 49.0 Å². The lowest BCUT2D eigenvalue weighted by atomic mass is 9.93. The largest absolute Gasteiger partial charge is 0.455 e. The van der Waals surface area contributed by atoms with Crippen LogP contribution in [0.1, 0.15) is 11.1 Å².